The predicted molar refractivity (Wildman–Crippen MR) is 137 cm³/mol. The number of rotatable bonds is 11. The molecule has 2 aromatic rings. The van der Waals surface area contributed by atoms with Gasteiger partial charge in [-0.15, -0.1) is 0 Å². The first-order valence-corrected chi connectivity index (χ1v) is 13.8. The number of amides is 1. The predicted octanol–water partition coefficient (Wildman–Crippen LogP) is 0.783. The van der Waals surface area contributed by atoms with E-state index in [0.29, 0.717) is 19.0 Å². The molecule has 4 rings (SSSR count). The number of aliphatic hydroxyl groups is 1. The van der Waals surface area contributed by atoms with Crippen molar-refractivity contribution in [2.24, 2.45) is 5.92 Å². The van der Waals surface area contributed by atoms with Crippen molar-refractivity contribution in [1.82, 2.24) is 19.4 Å². The van der Waals surface area contributed by atoms with Crippen molar-refractivity contribution in [3.8, 4) is 5.75 Å². The monoisotopic (exact) mass is 516 g/mol. The van der Waals surface area contributed by atoms with Crippen molar-refractivity contribution in [2.75, 3.05) is 60.0 Å². The molecule has 0 aromatic heterocycles. The Kier molecular flexibility index (Phi) is 8.63. The molecule has 0 spiro atoms. The topological polar surface area (TPSA) is 102 Å². The van der Waals surface area contributed by atoms with Gasteiger partial charge in [-0.1, -0.05) is 36.4 Å². The molecule has 0 radical (unpaired) electrons. The third kappa shape index (κ3) is 6.63. The Balaban J connectivity index is 1.24. The molecule has 2 heterocycles. The highest BCUT2D eigenvalue weighted by Crippen LogP contribution is 2.27. The van der Waals surface area contributed by atoms with E-state index in [2.05, 4.69) is 27.2 Å². The van der Waals surface area contributed by atoms with Crippen LogP contribution in [0.4, 0.5) is 0 Å². The number of aliphatic hydroxyl groups excluding tert-OH is 1. The van der Waals surface area contributed by atoms with Gasteiger partial charge in [-0.3, -0.25) is 9.69 Å². The summed E-state index contributed by atoms with van der Waals surface area (Å²) in [4.78, 5) is 16.7. The Morgan fingerprint density at radius 1 is 1.17 bits per heavy atom. The summed E-state index contributed by atoms with van der Waals surface area (Å²) in [5.41, 5.74) is 2.62. The number of benzene rings is 2. The minimum Gasteiger partial charge on any atom is -0.482 e. The van der Waals surface area contributed by atoms with Gasteiger partial charge in [0.2, 0.25) is 10.0 Å². The number of sulfonamides is 1. The second-order valence-electron chi connectivity index (χ2n) is 9.82. The van der Waals surface area contributed by atoms with E-state index in [0.717, 1.165) is 32.6 Å². The molecule has 0 bridgehead atoms. The molecule has 0 aliphatic carbocycles. The van der Waals surface area contributed by atoms with Gasteiger partial charge in [0.25, 0.3) is 5.91 Å². The molecule has 36 heavy (non-hydrogen) atoms. The number of hydrogen-bond acceptors (Lipinski definition) is 7. The maximum absolute atomic E-state index is 13.1. The normalized spacial score (nSPS) is 17.9. The highest BCUT2D eigenvalue weighted by atomic mass is 32.2. The third-order valence-electron chi connectivity index (χ3n) is 6.76. The molecule has 196 valence electrons. The van der Waals surface area contributed by atoms with Gasteiger partial charge in [0.05, 0.1) is 6.10 Å². The summed E-state index contributed by atoms with van der Waals surface area (Å²) in [5, 5.41) is 13.1. The van der Waals surface area contributed by atoms with Gasteiger partial charge < -0.3 is 20.1 Å². The van der Waals surface area contributed by atoms with Gasteiger partial charge in [0.15, 0.2) is 6.61 Å². The second-order valence-corrected chi connectivity index (χ2v) is 11.8. The molecule has 2 aromatic carbocycles. The van der Waals surface area contributed by atoms with Crippen LogP contribution in [0.3, 0.4) is 0 Å². The van der Waals surface area contributed by atoms with E-state index in [1.807, 2.05) is 19.2 Å². The number of fused-ring (bicyclic) bond motifs is 1. The van der Waals surface area contributed by atoms with E-state index in [4.69, 9.17) is 4.74 Å². The lowest BCUT2D eigenvalue weighted by Gasteiger charge is -2.38. The average Bonchev–Trinajstić information content (AvgIpc) is 2.85. The Morgan fingerprint density at radius 2 is 1.86 bits per heavy atom. The Bertz CT molecular complexity index is 1150. The van der Waals surface area contributed by atoms with Crippen molar-refractivity contribution in [3.63, 3.8) is 0 Å². The Hall–Kier alpha value is -2.50. The van der Waals surface area contributed by atoms with E-state index in [1.54, 1.807) is 25.2 Å². The SMILES string of the molecule is CN1CC(CN(C)S(=O)(=O)c2ccccc2OCC(=O)NCC(O)CN2CCc3ccccc3C2)C1. The minimum atomic E-state index is -3.76. The van der Waals surface area contributed by atoms with Crippen molar-refractivity contribution < 1.29 is 23.1 Å². The van der Waals surface area contributed by atoms with Crippen LogP contribution in [0.15, 0.2) is 53.4 Å². The second kappa shape index (κ2) is 11.7. The van der Waals surface area contributed by atoms with Crippen LogP contribution in [0.2, 0.25) is 0 Å². The molecule has 10 heteroatoms. The van der Waals surface area contributed by atoms with Crippen molar-refractivity contribution in [3.05, 3.63) is 59.7 Å². The standard InChI is InChI=1S/C26H36N4O5S/c1-28-14-20(15-28)16-29(2)36(33,34)25-10-6-5-9-24(25)35-19-26(32)27-13-23(31)18-30-12-11-21-7-3-4-8-22(21)17-30/h3-10,20,23,31H,11-19H2,1-2H3,(H,27,32). The third-order valence-corrected chi connectivity index (χ3v) is 8.63. The summed E-state index contributed by atoms with van der Waals surface area (Å²) >= 11 is 0. The summed E-state index contributed by atoms with van der Waals surface area (Å²) < 4.78 is 33.2. The quantitative estimate of drug-likeness (QED) is 0.455. The number of β-amino-alcohol motifs (C(OH)–C–C–N with tert-alkyl or cyclic N) is 1. The van der Waals surface area contributed by atoms with Crippen LogP contribution < -0.4 is 10.1 Å². The number of ether oxygens (including phenoxy) is 1. The lowest BCUT2D eigenvalue weighted by Crippen LogP contribution is -2.49. The summed E-state index contributed by atoms with van der Waals surface area (Å²) in [7, 11) is -0.183. The lowest BCUT2D eigenvalue weighted by molar-refractivity contribution is -0.123. The highest BCUT2D eigenvalue weighted by Gasteiger charge is 2.31. The summed E-state index contributed by atoms with van der Waals surface area (Å²) in [5.74, 6) is 0.0219. The maximum Gasteiger partial charge on any atom is 0.258 e. The largest absolute Gasteiger partial charge is 0.482 e. The van der Waals surface area contributed by atoms with Crippen LogP contribution >= 0.6 is 0 Å². The van der Waals surface area contributed by atoms with Crippen LogP contribution in [0.25, 0.3) is 0 Å². The molecule has 1 atom stereocenters. The number of nitrogens with one attached hydrogen (secondary N) is 1. The number of carbonyl (C=O) groups excluding carboxylic acids is 1. The fourth-order valence-corrected chi connectivity index (χ4v) is 6.23. The molecule has 2 aliphatic rings. The molecule has 1 fully saturated rings. The number of nitrogens with zero attached hydrogens (tertiary/aromatic N) is 3. The first-order chi connectivity index (χ1) is 17.2. The van der Waals surface area contributed by atoms with Crippen molar-refractivity contribution in [1.29, 1.82) is 0 Å². The molecule has 0 saturated carbocycles. The fourth-order valence-electron chi connectivity index (χ4n) is 4.85. The maximum atomic E-state index is 13.1. The Morgan fingerprint density at radius 3 is 2.61 bits per heavy atom. The first kappa shape index (κ1) is 26.6. The van der Waals surface area contributed by atoms with E-state index in [-0.39, 0.29) is 23.8 Å². The van der Waals surface area contributed by atoms with Crippen LogP contribution in [-0.4, -0.2) is 99.6 Å². The average molecular weight is 517 g/mol. The van der Waals surface area contributed by atoms with E-state index in [1.165, 1.54) is 21.5 Å². The summed E-state index contributed by atoms with van der Waals surface area (Å²) in [6, 6.07) is 14.7. The van der Waals surface area contributed by atoms with Crippen LogP contribution in [0, 0.1) is 5.92 Å². The van der Waals surface area contributed by atoms with E-state index in [9.17, 15) is 18.3 Å². The molecule has 2 N–H and O–H groups in total. The zero-order chi connectivity index (χ0) is 25.7. The number of hydrogen-bond donors (Lipinski definition) is 2. The number of likely N-dealkylation sites (tertiary alicyclic amines) is 1. The van der Waals surface area contributed by atoms with Crippen LogP contribution in [0.5, 0.6) is 5.75 Å². The smallest absolute Gasteiger partial charge is 0.258 e. The van der Waals surface area contributed by atoms with Crippen LogP contribution in [0.1, 0.15) is 11.1 Å². The summed E-state index contributed by atoms with van der Waals surface area (Å²) in [6.45, 7) is 4.03. The lowest BCUT2D eigenvalue weighted by atomic mass is 10.00. The van der Waals surface area contributed by atoms with Gasteiger partial charge in [-0.25, -0.2) is 12.7 Å². The molecule has 1 saturated heterocycles. The van der Waals surface area contributed by atoms with Crippen molar-refractivity contribution >= 4 is 15.9 Å². The highest BCUT2D eigenvalue weighted by molar-refractivity contribution is 7.89. The minimum absolute atomic E-state index is 0.0402. The summed E-state index contributed by atoms with van der Waals surface area (Å²) in [6.07, 6.45) is 0.226. The first-order valence-electron chi connectivity index (χ1n) is 12.3. The molecule has 2 aliphatic heterocycles. The van der Waals surface area contributed by atoms with Gasteiger partial charge in [-0.05, 0) is 42.6 Å². The zero-order valence-corrected chi connectivity index (χ0v) is 21.8. The number of para-hydroxylation sites is 1. The Labute approximate surface area is 213 Å². The van der Waals surface area contributed by atoms with Crippen molar-refractivity contribution in [2.45, 2.75) is 24.0 Å². The van der Waals surface area contributed by atoms with Gasteiger partial charge >= 0.3 is 0 Å². The van der Waals surface area contributed by atoms with Gasteiger partial charge in [0.1, 0.15) is 10.6 Å². The van der Waals surface area contributed by atoms with E-state index >= 15 is 0 Å². The van der Waals surface area contributed by atoms with Gasteiger partial charge in [-0.2, -0.15) is 0 Å². The number of carbonyl (C=O) groups is 1. The van der Waals surface area contributed by atoms with Gasteiger partial charge in [0, 0.05) is 52.9 Å². The molecule has 9 nitrogen and oxygen atoms in total. The zero-order valence-electron chi connectivity index (χ0n) is 21.0. The van der Waals surface area contributed by atoms with E-state index < -0.39 is 22.0 Å². The molecular weight excluding hydrogens is 480 g/mol. The molecule has 1 unspecified atom stereocenters. The molecule has 1 amide bonds. The van der Waals surface area contributed by atoms with Crippen LogP contribution in [-0.2, 0) is 27.8 Å². The molecular formula is C26H36N4O5S. The fraction of sp³-hybridized carbons (Fsp3) is 0.500.